The summed E-state index contributed by atoms with van der Waals surface area (Å²) in [5.74, 6) is -0.294. The zero-order valence-corrected chi connectivity index (χ0v) is 11.4. The van der Waals surface area contributed by atoms with Gasteiger partial charge in [-0.1, -0.05) is 13.8 Å². The van der Waals surface area contributed by atoms with Gasteiger partial charge in [-0.15, -0.1) is 0 Å². The molecule has 0 bridgehead atoms. The molecule has 1 N–H and O–H groups in total. The van der Waals surface area contributed by atoms with Crippen LogP contribution in [0.1, 0.15) is 31.1 Å². The average molecular weight is 264 g/mol. The van der Waals surface area contributed by atoms with Crippen molar-refractivity contribution in [3.63, 3.8) is 0 Å². The summed E-state index contributed by atoms with van der Waals surface area (Å²) in [6.07, 6.45) is 2.15. The van der Waals surface area contributed by atoms with Crippen LogP contribution < -0.4 is 5.32 Å². The molecule has 0 aliphatic carbocycles. The first-order valence-corrected chi connectivity index (χ1v) is 6.98. The van der Waals surface area contributed by atoms with Crippen molar-refractivity contribution < 1.29 is 4.39 Å². The quantitative estimate of drug-likeness (QED) is 0.893. The summed E-state index contributed by atoms with van der Waals surface area (Å²) in [5.41, 5.74) is 2.17. The van der Waals surface area contributed by atoms with Gasteiger partial charge in [-0.05, 0) is 40.9 Å². The number of nitrogens with zero attached hydrogens (tertiary/aromatic N) is 1. The molecule has 0 aromatic carbocycles. The van der Waals surface area contributed by atoms with Crippen LogP contribution in [0, 0.1) is 5.82 Å². The van der Waals surface area contributed by atoms with E-state index in [1.54, 1.807) is 17.4 Å². The summed E-state index contributed by atoms with van der Waals surface area (Å²) >= 11 is 1.69. The normalized spacial score (nSPS) is 12.9. The fourth-order valence-electron chi connectivity index (χ4n) is 1.89. The highest BCUT2D eigenvalue weighted by molar-refractivity contribution is 7.07. The number of hydrogen-bond acceptors (Lipinski definition) is 3. The van der Waals surface area contributed by atoms with Gasteiger partial charge in [-0.2, -0.15) is 11.3 Å². The molecule has 4 heteroatoms. The van der Waals surface area contributed by atoms with Gasteiger partial charge in [-0.3, -0.25) is 4.98 Å². The number of hydrogen-bond donors (Lipinski definition) is 1. The van der Waals surface area contributed by atoms with Crippen LogP contribution in [0.2, 0.25) is 0 Å². The lowest BCUT2D eigenvalue weighted by molar-refractivity contribution is 0.465. The molecule has 18 heavy (non-hydrogen) atoms. The van der Waals surface area contributed by atoms with Gasteiger partial charge in [0, 0.05) is 6.04 Å². The largest absolute Gasteiger partial charge is 0.306 e. The van der Waals surface area contributed by atoms with Gasteiger partial charge in [-0.25, -0.2) is 4.39 Å². The predicted octanol–water partition coefficient (Wildman–Crippen LogP) is 3.56. The van der Waals surface area contributed by atoms with E-state index in [0.717, 1.165) is 12.1 Å². The third kappa shape index (κ3) is 3.62. The highest BCUT2D eigenvalue weighted by Crippen LogP contribution is 2.19. The molecule has 2 aromatic rings. The van der Waals surface area contributed by atoms with E-state index in [1.807, 2.05) is 0 Å². The lowest BCUT2D eigenvalue weighted by atomic mass is 10.0. The molecule has 1 unspecified atom stereocenters. The molecule has 1 atom stereocenters. The van der Waals surface area contributed by atoms with Gasteiger partial charge in [0.05, 0.1) is 17.9 Å². The van der Waals surface area contributed by atoms with Crippen molar-refractivity contribution in [1.29, 1.82) is 0 Å². The van der Waals surface area contributed by atoms with Gasteiger partial charge >= 0.3 is 0 Å². The van der Waals surface area contributed by atoms with Gasteiger partial charge in [0.1, 0.15) is 5.82 Å². The van der Waals surface area contributed by atoms with Crippen molar-refractivity contribution in [1.82, 2.24) is 10.3 Å². The van der Waals surface area contributed by atoms with E-state index in [1.165, 1.54) is 17.8 Å². The maximum atomic E-state index is 12.9. The Morgan fingerprint density at radius 3 is 2.72 bits per heavy atom. The standard InChI is InChI=1S/C14H17FN2S/c1-10(2)17-14(7-11-5-6-18-9-11)13-4-3-12(15)8-16-13/h3-6,8-10,14,17H,7H2,1-2H3. The molecule has 0 aliphatic heterocycles. The van der Waals surface area contributed by atoms with Crippen LogP contribution in [-0.4, -0.2) is 11.0 Å². The van der Waals surface area contributed by atoms with Crippen LogP contribution in [0.4, 0.5) is 4.39 Å². The monoisotopic (exact) mass is 264 g/mol. The summed E-state index contributed by atoms with van der Waals surface area (Å²) in [6, 6.07) is 5.82. The second-order valence-corrected chi connectivity index (χ2v) is 5.39. The summed E-state index contributed by atoms with van der Waals surface area (Å²) in [4.78, 5) is 4.18. The summed E-state index contributed by atoms with van der Waals surface area (Å²) in [5, 5.41) is 7.68. The summed E-state index contributed by atoms with van der Waals surface area (Å²) in [7, 11) is 0. The molecule has 2 aromatic heterocycles. The minimum atomic E-state index is -0.294. The van der Waals surface area contributed by atoms with Crippen molar-refractivity contribution >= 4 is 11.3 Å². The molecule has 96 valence electrons. The van der Waals surface area contributed by atoms with Crippen molar-refractivity contribution in [2.75, 3.05) is 0 Å². The molecule has 0 fully saturated rings. The van der Waals surface area contributed by atoms with E-state index < -0.39 is 0 Å². The van der Waals surface area contributed by atoms with Crippen LogP contribution in [0.5, 0.6) is 0 Å². The molecule has 0 saturated carbocycles. The van der Waals surface area contributed by atoms with E-state index in [-0.39, 0.29) is 11.9 Å². The molecular weight excluding hydrogens is 247 g/mol. The number of pyridine rings is 1. The molecule has 2 nitrogen and oxygen atoms in total. The Hall–Kier alpha value is -1.26. The molecule has 2 heterocycles. The average Bonchev–Trinajstić information content (AvgIpc) is 2.81. The van der Waals surface area contributed by atoms with Gasteiger partial charge < -0.3 is 5.32 Å². The van der Waals surface area contributed by atoms with E-state index in [2.05, 4.69) is 41.0 Å². The lowest BCUT2D eigenvalue weighted by Crippen LogP contribution is -2.30. The Balaban J connectivity index is 2.16. The number of rotatable bonds is 5. The summed E-state index contributed by atoms with van der Waals surface area (Å²) < 4.78 is 12.9. The molecular formula is C14H17FN2S. The Morgan fingerprint density at radius 2 is 2.17 bits per heavy atom. The molecule has 0 amide bonds. The highest BCUT2D eigenvalue weighted by Gasteiger charge is 2.15. The van der Waals surface area contributed by atoms with Gasteiger partial charge in [0.15, 0.2) is 0 Å². The SMILES string of the molecule is CC(C)NC(Cc1ccsc1)c1ccc(F)cn1. The topological polar surface area (TPSA) is 24.9 Å². The van der Waals surface area contributed by atoms with Crippen LogP contribution in [0.15, 0.2) is 35.2 Å². The zero-order chi connectivity index (χ0) is 13.0. The smallest absolute Gasteiger partial charge is 0.141 e. The lowest BCUT2D eigenvalue weighted by Gasteiger charge is -2.20. The maximum Gasteiger partial charge on any atom is 0.141 e. The first-order valence-electron chi connectivity index (χ1n) is 6.03. The zero-order valence-electron chi connectivity index (χ0n) is 10.6. The second kappa shape index (κ2) is 6.07. The third-order valence-electron chi connectivity index (χ3n) is 2.66. The second-order valence-electron chi connectivity index (χ2n) is 4.61. The van der Waals surface area contributed by atoms with E-state index in [9.17, 15) is 4.39 Å². The van der Waals surface area contributed by atoms with Crippen LogP contribution in [0.3, 0.4) is 0 Å². The first-order chi connectivity index (χ1) is 8.65. The fraction of sp³-hybridized carbons (Fsp3) is 0.357. The predicted molar refractivity (Wildman–Crippen MR) is 73.2 cm³/mol. The maximum absolute atomic E-state index is 12.9. The van der Waals surface area contributed by atoms with Crippen molar-refractivity contribution in [2.24, 2.45) is 0 Å². The van der Waals surface area contributed by atoms with Gasteiger partial charge in [0.25, 0.3) is 0 Å². The van der Waals surface area contributed by atoms with Crippen molar-refractivity contribution in [3.05, 3.63) is 52.2 Å². The Bertz CT molecular complexity index is 465. The van der Waals surface area contributed by atoms with Crippen molar-refractivity contribution in [2.45, 2.75) is 32.4 Å². The number of halogens is 1. The molecule has 0 saturated heterocycles. The van der Waals surface area contributed by atoms with Crippen LogP contribution >= 0.6 is 11.3 Å². The number of aromatic nitrogens is 1. The number of thiophene rings is 1. The Kier molecular flexibility index (Phi) is 4.44. The van der Waals surface area contributed by atoms with Crippen LogP contribution in [0.25, 0.3) is 0 Å². The van der Waals surface area contributed by atoms with Crippen molar-refractivity contribution in [3.8, 4) is 0 Å². The van der Waals surface area contributed by atoms with Gasteiger partial charge in [0.2, 0.25) is 0 Å². The summed E-state index contributed by atoms with van der Waals surface area (Å²) in [6.45, 7) is 4.20. The minimum absolute atomic E-state index is 0.125. The third-order valence-corrected chi connectivity index (χ3v) is 3.39. The Morgan fingerprint density at radius 1 is 1.33 bits per heavy atom. The highest BCUT2D eigenvalue weighted by atomic mass is 32.1. The molecule has 0 radical (unpaired) electrons. The van der Waals surface area contributed by atoms with E-state index >= 15 is 0 Å². The number of nitrogens with one attached hydrogen (secondary N) is 1. The van der Waals surface area contributed by atoms with Crippen LogP contribution in [-0.2, 0) is 6.42 Å². The fourth-order valence-corrected chi connectivity index (χ4v) is 2.57. The Labute approximate surface area is 111 Å². The minimum Gasteiger partial charge on any atom is -0.306 e. The van der Waals surface area contributed by atoms with E-state index in [0.29, 0.717) is 6.04 Å². The molecule has 0 aliphatic rings. The molecule has 0 spiro atoms. The van der Waals surface area contributed by atoms with E-state index in [4.69, 9.17) is 0 Å². The molecule has 2 rings (SSSR count). The first kappa shape index (κ1) is 13.2.